The summed E-state index contributed by atoms with van der Waals surface area (Å²) in [5.41, 5.74) is 5.63. The van der Waals surface area contributed by atoms with Crippen molar-refractivity contribution in [3.8, 4) is 22.4 Å². The van der Waals surface area contributed by atoms with Crippen LogP contribution >= 0.6 is 0 Å². The molecule has 2 fully saturated rings. The van der Waals surface area contributed by atoms with Gasteiger partial charge in [0.1, 0.15) is 6.04 Å². The first-order valence-corrected chi connectivity index (χ1v) is 12.7. The van der Waals surface area contributed by atoms with Crippen LogP contribution in [0.5, 0.6) is 0 Å². The van der Waals surface area contributed by atoms with Crippen LogP contribution in [-0.2, 0) is 27.9 Å². The average molecular weight is 514 g/mol. The SMILES string of the molecule is Cn1ncc(-c2ccc3c(c2)CN(C2CCC(=O)NC2=O)C3=O)c1-c1ccc(C(=O)N2CCOCC2)cc1. The van der Waals surface area contributed by atoms with Crippen molar-refractivity contribution >= 4 is 23.6 Å². The van der Waals surface area contributed by atoms with Crippen LogP contribution < -0.4 is 5.32 Å². The Labute approximate surface area is 219 Å². The predicted molar refractivity (Wildman–Crippen MR) is 137 cm³/mol. The first-order valence-electron chi connectivity index (χ1n) is 12.7. The molecule has 3 aromatic rings. The Hall–Kier alpha value is -4.31. The van der Waals surface area contributed by atoms with Crippen molar-refractivity contribution in [3.63, 3.8) is 0 Å². The lowest BCUT2D eigenvalue weighted by atomic mass is 9.97. The van der Waals surface area contributed by atoms with Crippen LogP contribution in [0.15, 0.2) is 48.7 Å². The maximum Gasteiger partial charge on any atom is 0.255 e. The number of rotatable bonds is 4. The van der Waals surface area contributed by atoms with Crippen LogP contribution in [0.1, 0.15) is 39.1 Å². The number of hydrogen-bond donors (Lipinski definition) is 1. The van der Waals surface area contributed by atoms with Crippen LogP contribution in [-0.4, -0.2) is 75.6 Å². The average Bonchev–Trinajstić information content (AvgIpc) is 3.48. The van der Waals surface area contributed by atoms with Gasteiger partial charge in [0.15, 0.2) is 0 Å². The molecule has 2 aromatic carbocycles. The zero-order valence-electron chi connectivity index (χ0n) is 21.0. The number of ether oxygens (including phenoxy) is 1. The summed E-state index contributed by atoms with van der Waals surface area (Å²) in [5.74, 6) is -0.935. The van der Waals surface area contributed by atoms with E-state index < -0.39 is 11.9 Å². The molecule has 4 amide bonds. The minimum atomic E-state index is -0.649. The Balaban J connectivity index is 1.26. The Bertz CT molecular complexity index is 1450. The lowest BCUT2D eigenvalue weighted by Crippen LogP contribution is -2.52. The molecule has 3 aliphatic rings. The molecule has 1 atom stereocenters. The van der Waals surface area contributed by atoms with Gasteiger partial charge in [-0.15, -0.1) is 0 Å². The van der Waals surface area contributed by atoms with Gasteiger partial charge in [0, 0.05) is 55.4 Å². The standard InChI is InChI=1S/C28H27N5O5/c1-31-25(17-2-4-18(5-3-17)27(36)32-10-12-38-13-11-32)22(15-29-31)19-6-7-21-20(14-19)16-33(28(21)37)23-8-9-24(34)30-26(23)35/h2-7,14-15,23H,8-13,16H2,1H3,(H,30,34,35). The van der Waals surface area contributed by atoms with Gasteiger partial charge >= 0.3 is 0 Å². The Morgan fingerprint density at radius 1 is 1.00 bits per heavy atom. The Morgan fingerprint density at radius 2 is 1.74 bits per heavy atom. The summed E-state index contributed by atoms with van der Waals surface area (Å²) in [4.78, 5) is 53.2. The molecule has 4 heterocycles. The summed E-state index contributed by atoms with van der Waals surface area (Å²) >= 11 is 0. The molecule has 194 valence electrons. The number of carbonyl (C=O) groups excluding carboxylic acids is 4. The van der Waals surface area contributed by atoms with E-state index in [1.807, 2.05) is 43.4 Å². The summed E-state index contributed by atoms with van der Waals surface area (Å²) < 4.78 is 7.14. The molecule has 10 nitrogen and oxygen atoms in total. The monoisotopic (exact) mass is 513 g/mol. The minimum Gasteiger partial charge on any atom is -0.378 e. The third kappa shape index (κ3) is 4.16. The molecule has 6 rings (SSSR count). The summed E-state index contributed by atoms with van der Waals surface area (Å²) in [6.07, 6.45) is 2.34. The number of benzene rings is 2. The molecule has 0 saturated carbocycles. The number of amides is 4. The number of fused-ring (bicyclic) bond motifs is 1. The summed E-state index contributed by atoms with van der Waals surface area (Å²) in [7, 11) is 1.87. The number of aryl methyl sites for hydroxylation is 1. The highest BCUT2D eigenvalue weighted by Gasteiger charge is 2.39. The number of piperidine rings is 1. The van der Waals surface area contributed by atoms with Crippen molar-refractivity contribution in [2.24, 2.45) is 7.05 Å². The van der Waals surface area contributed by atoms with Gasteiger partial charge in [-0.25, -0.2) is 0 Å². The molecule has 0 spiro atoms. The van der Waals surface area contributed by atoms with Crippen molar-refractivity contribution in [2.75, 3.05) is 26.3 Å². The second kappa shape index (κ2) is 9.53. The van der Waals surface area contributed by atoms with Gasteiger partial charge in [0.25, 0.3) is 11.8 Å². The predicted octanol–water partition coefficient (Wildman–Crippen LogP) is 1.99. The van der Waals surface area contributed by atoms with Gasteiger partial charge in [-0.05, 0) is 41.8 Å². The van der Waals surface area contributed by atoms with E-state index in [4.69, 9.17) is 4.74 Å². The van der Waals surface area contributed by atoms with Crippen molar-refractivity contribution in [3.05, 3.63) is 65.4 Å². The Morgan fingerprint density at radius 3 is 2.47 bits per heavy atom. The number of morpholine rings is 1. The van der Waals surface area contributed by atoms with E-state index in [1.165, 1.54) is 0 Å². The molecule has 0 aliphatic carbocycles. The van der Waals surface area contributed by atoms with Gasteiger partial charge in [-0.3, -0.25) is 29.2 Å². The van der Waals surface area contributed by atoms with Crippen molar-refractivity contribution in [1.82, 2.24) is 24.9 Å². The highest BCUT2D eigenvalue weighted by atomic mass is 16.5. The maximum atomic E-state index is 13.1. The number of aromatic nitrogens is 2. The zero-order valence-corrected chi connectivity index (χ0v) is 21.0. The third-order valence-corrected chi connectivity index (χ3v) is 7.48. The largest absolute Gasteiger partial charge is 0.378 e. The van der Waals surface area contributed by atoms with Crippen molar-refractivity contribution in [1.29, 1.82) is 0 Å². The minimum absolute atomic E-state index is 0.00561. The molecular weight excluding hydrogens is 486 g/mol. The molecule has 0 radical (unpaired) electrons. The molecule has 1 aromatic heterocycles. The summed E-state index contributed by atoms with van der Waals surface area (Å²) in [6.45, 7) is 2.60. The number of hydrogen-bond acceptors (Lipinski definition) is 6. The van der Waals surface area contributed by atoms with Crippen LogP contribution in [0.2, 0.25) is 0 Å². The van der Waals surface area contributed by atoms with Gasteiger partial charge in [0.05, 0.1) is 25.1 Å². The molecule has 1 unspecified atom stereocenters. The lowest BCUT2D eigenvalue weighted by Gasteiger charge is -2.29. The second-order valence-electron chi connectivity index (χ2n) is 9.78. The van der Waals surface area contributed by atoms with E-state index in [0.717, 1.165) is 27.9 Å². The molecule has 2 saturated heterocycles. The number of nitrogens with one attached hydrogen (secondary N) is 1. The number of imide groups is 1. The maximum absolute atomic E-state index is 13.1. The smallest absolute Gasteiger partial charge is 0.255 e. The molecular formula is C28H27N5O5. The molecule has 38 heavy (non-hydrogen) atoms. The van der Waals surface area contributed by atoms with Gasteiger partial charge in [0.2, 0.25) is 11.8 Å². The topological polar surface area (TPSA) is 114 Å². The molecule has 0 bridgehead atoms. The number of carbonyl (C=O) groups is 4. The molecule has 1 N–H and O–H groups in total. The highest BCUT2D eigenvalue weighted by molar-refractivity contribution is 6.05. The third-order valence-electron chi connectivity index (χ3n) is 7.48. The van der Waals surface area contributed by atoms with E-state index in [-0.39, 0.29) is 24.1 Å². The van der Waals surface area contributed by atoms with E-state index in [0.29, 0.717) is 50.4 Å². The van der Waals surface area contributed by atoms with Gasteiger partial charge in [-0.1, -0.05) is 18.2 Å². The van der Waals surface area contributed by atoms with Crippen molar-refractivity contribution < 1.29 is 23.9 Å². The zero-order chi connectivity index (χ0) is 26.4. The Kier molecular flexibility index (Phi) is 6.03. The fraction of sp³-hybridized carbons (Fsp3) is 0.321. The fourth-order valence-electron chi connectivity index (χ4n) is 5.45. The van der Waals surface area contributed by atoms with E-state index in [2.05, 4.69) is 10.4 Å². The number of nitrogens with zero attached hydrogens (tertiary/aromatic N) is 4. The molecule has 3 aliphatic heterocycles. The first kappa shape index (κ1) is 24.1. The fourth-order valence-corrected chi connectivity index (χ4v) is 5.45. The summed E-state index contributed by atoms with van der Waals surface area (Å²) in [5, 5.41) is 6.82. The van der Waals surface area contributed by atoms with E-state index in [9.17, 15) is 19.2 Å². The van der Waals surface area contributed by atoms with Gasteiger partial charge < -0.3 is 14.5 Å². The first-order chi connectivity index (χ1) is 18.4. The van der Waals surface area contributed by atoms with Crippen LogP contribution in [0.25, 0.3) is 22.4 Å². The van der Waals surface area contributed by atoms with E-state index >= 15 is 0 Å². The lowest BCUT2D eigenvalue weighted by molar-refractivity contribution is -0.136. The van der Waals surface area contributed by atoms with E-state index in [1.54, 1.807) is 26.7 Å². The normalized spacial score (nSPS) is 19.5. The second-order valence-corrected chi connectivity index (χ2v) is 9.78. The highest BCUT2D eigenvalue weighted by Crippen LogP contribution is 2.35. The van der Waals surface area contributed by atoms with Gasteiger partial charge in [-0.2, -0.15) is 5.10 Å². The van der Waals surface area contributed by atoms with Crippen LogP contribution in [0.4, 0.5) is 0 Å². The molecule has 10 heteroatoms. The van der Waals surface area contributed by atoms with Crippen LogP contribution in [0.3, 0.4) is 0 Å². The quantitative estimate of drug-likeness (QED) is 0.534. The van der Waals surface area contributed by atoms with Crippen molar-refractivity contribution in [2.45, 2.75) is 25.4 Å². The van der Waals surface area contributed by atoms with Crippen LogP contribution in [0, 0.1) is 0 Å². The summed E-state index contributed by atoms with van der Waals surface area (Å²) in [6, 6.07) is 12.5.